The molecule has 0 bridgehead atoms. The van der Waals surface area contributed by atoms with Gasteiger partial charge in [0.25, 0.3) is 0 Å². The molecule has 354 valence electrons. The average Bonchev–Trinajstić information content (AvgIpc) is 3.79. The van der Waals surface area contributed by atoms with Crippen molar-refractivity contribution in [1.82, 2.24) is 0 Å². The normalized spacial score (nSPS) is 14.7. The van der Waals surface area contributed by atoms with Crippen LogP contribution in [0.3, 0.4) is 0 Å². The summed E-state index contributed by atoms with van der Waals surface area (Å²) in [5.41, 5.74) is 12.4. The van der Waals surface area contributed by atoms with Gasteiger partial charge in [-0.2, -0.15) is 0 Å². The Kier molecular flexibility index (Phi) is 14.8. The Balaban J connectivity index is 0.000000122. The first-order valence-electron chi connectivity index (χ1n) is 25.0. The molecule has 3 heterocycles. The van der Waals surface area contributed by atoms with E-state index in [0.29, 0.717) is 16.7 Å². The van der Waals surface area contributed by atoms with E-state index in [0.717, 1.165) is 65.8 Å². The molecule has 6 heteroatoms. The van der Waals surface area contributed by atoms with E-state index >= 15 is 0 Å². The molecule has 0 spiro atoms. The zero-order chi connectivity index (χ0) is 48.1. The van der Waals surface area contributed by atoms with E-state index in [2.05, 4.69) is 72.8 Å². The first-order valence-corrected chi connectivity index (χ1v) is 27.4. The Labute approximate surface area is 424 Å². The highest BCUT2D eigenvalue weighted by atomic mass is 32.1. The average molecular weight is 981 g/mol. The second-order valence-electron chi connectivity index (χ2n) is 19.5. The summed E-state index contributed by atoms with van der Waals surface area (Å²) in [7, 11) is 0. The van der Waals surface area contributed by atoms with E-state index in [-0.39, 0.29) is 17.5 Å². The predicted molar refractivity (Wildman–Crippen MR) is 294 cm³/mol. The molecule has 0 aliphatic heterocycles. The fourth-order valence-electron chi connectivity index (χ4n) is 9.81. The molecule has 6 aromatic carbocycles. The van der Waals surface area contributed by atoms with Crippen LogP contribution in [-0.4, -0.2) is 0 Å². The number of halogens is 3. The van der Waals surface area contributed by atoms with Gasteiger partial charge in [-0.1, -0.05) is 110 Å². The van der Waals surface area contributed by atoms with Crippen molar-refractivity contribution in [1.29, 1.82) is 0 Å². The monoisotopic (exact) mass is 980 g/mol. The summed E-state index contributed by atoms with van der Waals surface area (Å²) < 4.78 is 43.6. The zero-order valence-electron chi connectivity index (χ0n) is 40.3. The van der Waals surface area contributed by atoms with E-state index in [9.17, 15) is 13.2 Å². The van der Waals surface area contributed by atoms with E-state index in [1.165, 1.54) is 95.5 Å². The van der Waals surface area contributed by atoms with Gasteiger partial charge in [0.05, 0.1) is 0 Å². The van der Waals surface area contributed by atoms with Gasteiger partial charge in [-0.25, -0.2) is 13.2 Å². The Bertz CT molecular complexity index is 3170. The van der Waals surface area contributed by atoms with Crippen LogP contribution in [0.5, 0.6) is 0 Å². The third kappa shape index (κ3) is 11.5. The highest BCUT2D eigenvalue weighted by Gasteiger charge is 2.22. The summed E-state index contributed by atoms with van der Waals surface area (Å²) in [6.07, 6.45) is 13.2. The number of hydrogen-bond acceptors (Lipinski definition) is 3. The van der Waals surface area contributed by atoms with Crippen molar-refractivity contribution in [3.05, 3.63) is 213 Å². The van der Waals surface area contributed by atoms with Gasteiger partial charge in [0.1, 0.15) is 17.5 Å². The Morgan fingerprint density at radius 3 is 0.971 bits per heavy atom. The quantitative estimate of drug-likeness (QED) is 0.128. The minimum atomic E-state index is -0.147. The van der Waals surface area contributed by atoms with Crippen LogP contribution in [0.25, 0.3) is 64.7 Å². The molecule has 0 N–H and O–H groups in total. The summed E-state index contributed by atoms with van der Waals surface area (Å²) in [4.78, 5) is 6.59. The van der Waals surface area contributed by atoms with Crippen LogP contribution >= 0.6 is 34.0 Å². The first-order chi connectivity index (χ1) is 34.1. The lowest BCUT2D eigenvalue weighted by atomic mass is 9.80. The molecule has 0 saturated heterocycles. The van der Waals surface area contributed by atoms with Crippen LogP contribution in [-0.2, 0) is 6.42 Å². The second-order valence-corrected chi connectivity index (χ2v) is 23.4. The third-order valence-corrected chi connectivity index (χ3v) is 17.4. The molecule has 0 atom stereocenters. The van der Waals surface area contributed by atoms with Crippen molar-refractivity contribution in [2.75, 3.05) is 0 Å². The first kappa shape index (κ1) is 47.9. The van der Waals surface area contributed by atoms with Gasteiger partial charge in [0.2, 0.25) is 0 Å². The van der Waals surface area contributed by atoms with Crippen LogP contribution in [0, 0.1) is 44.1 Å². The van der Waals surface area contributed by atoms with Crippen LogP contribution in [0.15, 0.2) is 164 Å². The smallest absolute Gasteiger partial charge is 0.132 e. The molecule has 0 nitrogen and oxygen atoms in total. The van der Waals surface area contributed by atoms with Crippen molar-refractivity contribution in [2.24, 2.45) is 5.92 Å². The molecule has 3 fully saturated rings. The summed E-state index contributed by atoms with van der Waals surface area (Å²) in [5.74, 6) is 1.92. The molecule has 12 rings (SSSR count). The summed E-state index contributed by atoms with van der Waals surface area (Å²) in [6.45, 7) is 6.14. The summed E-state index contributed by atoms with van der Waals surface area (Å²) in [5, 5.41) is 0. The number of thiophene rings is 3. The van der Waals surface area contributed by atoms with E-state index in [1.54, 1.807) is 52.2 Å². The van der Waals surface area contributed by atoms with Crippen LogP contribution < -0.4 is 0 Å². The lowest BCUT2D eigenvalue weighted by Gasteiger charge is -2.25. The number of benzene rings is 6. The van der Waals surface area contributed by atoms with Crippen molar-refractivity contribution in [3.63, 3.8) is 0 Å². The highest BCUT2D eigenvalue weighted by molar-refractivity contribution is 7.16. The van der Waals surface area contributed by atoms with Crippen molar-refractivity contribution >= 4 is 34.0 Å². The molecule has 3 saturated carbocycles. The summed E-state index contributed by atoms with van der Waals surface area (Å²) >= 11 is 4.89. The van der Waals surface area contributed by atoms with E-state index < -0.39 is 0 Å². The second kappa shape index (κ2) is 21.7. The SMILES string of the molecule is Cc1ccc(-c2ccc(-c3ccc(C4CCC4)cc3)cc2F)s1.Cc1ccc(-c2ccc(-c3ccc(C4CCCC4)cc3)cc2F)s1.Cc1ccc(-c2ccc(-c3ccc(CC4CC4)cc3)cc2F)s1. The van der Waals surface area contributed by atoms with Gasteiger partial charge in [-0.15, -0.1) is 34.0 Å². The maximum Gasteiger partial charge on any atom is 0.132 e. The van der Waals surface area contributed by atoms with Gasteiger partial charge >= 0.3 is 0 Å². The topological polar surface area (TPSA) is 0 Å². The molecule has 0 unspecified atom stereocenters. The fourth-order valence-corrected chi connectivity index (χ4v) is 12.5. The van der Waals surface area contributed by atoms with Gasteiger partial charge in [-0.05, 0) is 206 Å². The van der Waals surface area contributed by atoms with Crippen molar-refractivity contribution in [3.8, 4) is 64.7 Å². The molecule has 3 aliphatic rings. The molecule has 0 radical (unpaired) electrons. The largest absolute Gasteiger partial charge is 0.206 e. The van der Waals surface area contributed by atoms with Crippen molar-refractivity contribution < 1.29 is 13.2 Å². The maximum atomic E-state index is 14.6. The molecular formula is C64H59F3S3. The molecule has 9 aromatic rings. The highest BCUT2D eigenvalue weighted by Crippen LogP contribution is 2.40. The van der Waals surface area contributed by atoms with Gasteiger partial charge in [0.15, 0.2) is 0 Å². The number of rotatable bonds is 10. The fraction of sp³-hybridized carbons (Fsp3) is 0.250. The third-order valence-electron chi connectivity index (χ3n) is 14.3. The molecule has 0 amide bonds. The minimum Gasteiger partial charge on any atom is -0.206 e. The Morgan fingerprint density at radius 1 is 0.357 bits per heavy atom. The summed E-state index contributed by atoms with van der Waals surface area (Å²) in [6, 6.07) is 54.8. The van der Waals surface area contributed by atoms with Gasteiger partial charge < -0.3 is 0 Å². The molecule has 70 heavy (non-hydrogen) atoms. The lowest BCUT2D eigenvalue weighted by Crippen LogP contribution is -2.08. The lowest BCUT2D eigenvalue weighted by molar-refractivity contribution is 0.420. The predicted octanol–water partition coefficient (Wildman–Crippen LogP) is 20.5. The zero-order valence-corrected chi connectivity index (χ0v) is 42.7. The Hall–Kier alpha value is -5.79. The van der Waals surface area contributed by atoms with E-state index in [1.807, 2.05) is 93.6 Å². The van der Waals surface area contributed by atoms with Gasteiger partial charge in [-0.3, -0.25) is 0 Å². The maximum absolute atomic E-state index is 14.6. The number of hydrogen-bond donors (Lipinski definition) is 0. The molecule has 3 aliphatic carbocycles. The molecule has 3 aromatic heterocycles. The van der Waals surface area contributed by atoms with Gasteiger partial charge in [0, 0.05) is 46.0 Å². The standard InChI is InChI=1S/C22H21FS.2C21H19FS/c1-15-6-13-22(24-15)20-12-11-19(14-21(20)23)18-9-7-17(8-10-18)16-4-2-3-5-16;1-14-2-11-21(23-14)19-10-9-18(13-20(19)22)17-7-5-16(6-8-17)12-15-3-4-15;1-14-5-12-21(23-14)19-11-10-18(13-20(19)22)17-8-6-16(7-9-17)15-3-2-4-15/h6-14,16H,2-5H2,1H3;2,5-11,13,15H,3-4,12H2,1H3;5-13,15H,2-4H2,1H3. The van der Waals surface area contributed by atoms with E-state index in [4.69, 9.17) is 0 Å². The van der Waals surface area contributed by atoms with Crippen LogP contribution in [0.1, 0.15) is 101 Å². The Morgan fingerprint density at radius 2 is 0.686 bits per heavy atom. The number of aryl methyl sites for hydroxylation is 3. The van der Waals surface area contributed by atoms with Crippen LogP contribution in [0.2, 0.25) is 0 Å². The minimum absolute atomic E-state index is 0.144. The van der Waals surface area contributed by atoms with Crippen LogP contribution in [0.4, 0.5) is 13.2 Å². The van der Waals surface area contributed by atoms with Crippen molar-refractivity contribution in [2.45, 2.75) is 96.8 Å². The molecular weight excluding hydrogens is 922 g/mol.